The first kappa shape index (κ1) is 14.4. The Morgan fingerprint density at radius 2 is 2.11 bits per heavy atom. The number of anilines is 1. The number of benzene rings is 1. The molecule has 0 aliphatic heterocycles. The van der Waals surface area contributed by atoms with E-state index < -0.39 is 6.10 Å². The molecule has 0 aliphatic rings. The minimum absolute atomic E-state index is 0.0590. The van der Waals surface area contributed by atoms with Crippen molar-refractivity contribution in [1.29, 1.82) is 0 Å². The molecule has 0 saturated carbocycles. The van der Waals surface area contributed by atoms with Crippen molar-refractivity contribution >= 4 is 11.4 Å². The SMILES string of the molecule is CCCN(CC)c1ccc([C@@H](C)O)cc1[N+](=O)[O-]. The number of aliphatic hydroxyl groups is 1. The maximum atomic E-state index is 11.1. The third-order valence-electron chi connectivity index (χ3n) is 2.89. The first-order valence-electron chi connectivity index (χ1n) is 6.22. The van der Waals surface area contributed by atoms with E-state index in [1.54, 1.807) is 19.1 Å². The van der Waals surface area contributed by atoms with Crippen LogP contribution in [0, 0.1) is 10.1 Å². The molecule has 1 atom stereocenters. The van der Waals surface area contributed by atoms with Crippen LogP contribution in [0.5, 0.6) is 0 Å². The van der Waals surface area contributed by atoms with Gasteiger partial charge in [0, 0.05) is 19.2 Å². The molecule has 0 aromatic heterocycles. The van der Waals surface area contributed by atoms with Crippen LogP contribution in [0.25, 0.3) is 0 Å². The number of nitro benzene ring substituents is 1. The highest BCUT2D eigenvalue weighted by molar-refractivity contribution is 5.64. The van der Waals surface area contributed by atoms with Crippen LogP contribution in [0.2, 0.25) is 0 Å². The highest BCUT2D eigenvalue weighted by Crippen LogP contribution is 2.31. The summed E-state index contributed by atoms with van der Waals surface area (Å²) in [6, 6.07) is 4.92. The molecule has 1 aromatic carbocycles. The number of nitro groups is 1. The van der Waals surface area contributed by atoms with Gasteiger partial charge in [-0.15, -0.1) is 0 Å². The van der Waals surface area contributed by atoms with Crippen molar-refractivity contribution in [3.8, 4) is 0 Å². The molecule has 0 bridgehead atoms. The highest BCUT2D eigenvalue weighted by Gasteiger charge is 2.19. The second kappa shape index (κ2) is 6.35. The third-order valence-corrected chi connectivity index (χ3v) is 2.89. The molecule has 0 amide bonds. The Morgan fingerprint density at radius 1 is 1.44 bits per heavy atom. The van der Waals surface area contributed by atoms with E-state index in [0.717, 1.165) is 19.5 Å². The van der Waals surface area contributed by atoms with Gasteiger partial charge in [0.1, 0.15) is 5.69 Å². The summed E-state index contributed by atoms with van der Waals surface area (Å²) in [6.07, 6.45) is 0.238. The molecule has 18 heavy (non-hydrogen) atoms. The van der Waals surface area contributed by atoms with Crippen LogP contribution in [0.15, 0.2) is 18.2 Å². The summed E-state index contributed by atoms with van der Waals surface area (Å²) in [7, 11) is 0. The topological polar surface area (TPSA) is 66.6 Å². The van der Waals surface area contributed by atoms with Crippen LogP contribution in [0.4, 0.5) is 11.4 Å². The van der Waals surface area contributed by atoms with Crippen LogP contribution in [0.1, 0.15) is 38.9 Å². The van der Waals surface area contributed by atoms with Crippen LogP contribution < -0.4 is 4.90 Å². The number of aliphatic hydroxyl groups excluding tert-OH is 1. The zero-order valence-corrected chi connectivity index (χ0v) is 11.1. The van der Waals surface area contributed by atoms with E-state index in [0.29, 0.717) is 11.3 Å². The maximum absolute atomic E-state index is 11.1. The molecule has 0 unspecified atom stereocenters. The summed E-state index contributed by atoms with van der Waals surface area (Å²) in [5, 5.41) is 20.6. The normalized spacial score (nSPS) is 12.2. The first-order valence-corrected chi connectivity index (χ1v) is 6.22. The quantitative estimate of drug-likeness (QED) is 0.624. The zero-order chi connectivity index (χ0) is 13.7. The smallest absolute Gasteiger partial charge is 0.292 e. The van der Waals surface area contributed by atoms with E-state index in [2.05, 4.69) is 0 Å². The lowest BCUT2D eigenvalue weighted by molar-refractivity contribution is -0.384. The largest absolute Gasteiger partial charge is 0.389 e. The third kappa shape index (κ3) is 3.20. The molecule has 0 fully saturated rings. The molecule has 0 saturated heterocycles. The minimum Gasteiger partial charge on any atom is -0.389 e. The van der Waals surface area contributed by atoms with Gasteiger partial charge in [0.05, 0.1) is 11.0 Å². The number of hydrogen-bond acceptors (Lipinski definition) is 4. The Kier molecular flexibility index (Phi) is 5.09. The summed E-state index contributed by atoms with van der Waals surface area (Å²) in [5.74, 6) is 0. The lowest BCUT2D eigenvalue weighted by Gasteiger charge is -2.22. The van der Waals surface area contributed by atoms with E-state index in [1.165, 1.54) is 6.07 Å². The summed E-state index contributed by atoms with van der Waals surface area (Å²) in [5.41, 5.74) is 1.25. The summed E-state index contributed by atoms with van der Waals surface area (Å²) in [6.45, 7) is 7.12. The highest BCUT2D eigenvalue weighted by atomic mass is 16.6. The number of rotatable bonds is 6. The van der Waals surface area contributed by atoms with Crippen molar-refractivity contribution in [1.82, 2.24) is 0 Å². The number of hydrogen-bond donors (Lipinski definition) is 1. The van der Waals surface area contributed by atoms with Gasteiger partial charge in [-0.2, -0.15) is 0 Å². The van der Waals surface area contributed by atoms with E-state index >= 15 is 0 Å². The van der Waals surface area contributed by atoms with Crippen LogP contribution in [0.3, 0.4) is 0 Å². The van der Waals surface area contributed by atoms with Crippen LogP contribution >= 0.6 is 0 Å². The molecule has 1 rings (SSSR count). The predicted molar refractivity (Wildman–Crippen MR) is 71.9 cm³/mol. The van der Waals surface area contributed by atoms with E-state index in [-0.39, 0.29) is 10.6 Å². The van der Waals surface area contributed by atoms with Gasteiger partial charge in [-0.25, -0.2) is 0 Å². The van der Waals surface area contributed by atoms with E-state index in [9.17, 15) is 15.2 Å². The van der Waals surface area contributed by atoms with Crippen molar-refractivity contribution in [2.45, 2.75) is 33.3 Å². The summed E-state index contributed by atoms with van der Waals surface area (Å²) >= 11 is 0. The Labute approximate surface area is 107 Å². The Balaban J connectivity index is 3.21. The molecule has 0 radical (unpaired) electrons. The molecule has 1 aromatic rings. The maximum Gasteiger partial charge on any atom is 0.292 e. The van der Waals surface area contributed by atoms with E-state index in [4.69, 9.17) is 0 Å². The fraction of sp³-hybridized carbons (Fsp3) is 0.538. The van der Waals surface area contributed by atoms with Crippen molar-refractivity contribution in [3.63, 3.8) is 0 Å². The van der Waals surface area contributed by atoms with Gasteiger partial charge in [-0.05, 0) is 31.9 Å². The molecule has 1 N–H and O–H groups in total. The molecular weight excluding hydrogens is 232 g/mol. The van der Waals surface area contributed by atoms with Crippen LogP contribution in [-0.2, 0) is 0 Å². The molecule has 5 nitrogen and oxygen atoms in total. The molecule has 100 valence electrons. The zero-order valence-electron chi connectivity index (χ0n) is 11.1. The minimum atomic E-state index is -0.695. The molecule has 5 heteroatoms. The number of nitrogens with zero attached hydrogens (tertiary/aromatic N) is 2. The van der Waals surface area contributed by atoms with Gasteiger partial charge in [-0.1, -0.05) is 13.0 Å². The van der Waals surface area contributed by atoms with Crippen molar-refractivity contribution in [3.05, 3.63) is 33.9 Å². The monoisotopic (exact) mass is 252 g/mol. The Hall–Kier alpha value is -1.62. The van der Waals surface area contributed by atoms with Crippen molar-refractivity contribution in [2.24, 2.45) is 0 Å². The van der Waals surface area contributed by atoms with Gasteiger partial charge in [0.15, 0.2) is 0 Å². The lowest BCUT2D eigenvalue weighted by atomic mass is 10.1. The van der Waals surface area contributed by atoms with Gasteiger partial charge < -0.3 is 10.0 Å². The summed E-state index contributed by atoms with van der Waals surface area (Å²) < 4.78 is 0. The Bertz CT molecular complexity index is 419. The second-order valence-corrected chi connectivity index (χ2v) is 4.26. The standard InChI is InChI=1S/C13H20N2O3/c1-4-8-14(5-2)12-7-6-11(10(3)16)9-13(12)15(17)18/h6-7,9-10,16H,4-5,8H2,1-3H3/t10-/m1/s1. The Morgan fingerprint density at radius 3 is 2.56 bits per heavy atom. The fourth-order valence-corrected chi connectivity index (χ4v) is 1.93. The average molecular weight is 252 g/mol. The van der Waals surface area contributed by atoms with Gasteiger partial charge in [0.2, 0.25) is 0 Å². The van der Waals surface area contributed by atoms with E-state index in [1.807, 2.05) is 18.7 Å². The predicted octanol–water partition coefficient (Wildman–Crippen LogP) is 2.88. The van der Waals surface area contributed by atoms with Gasteiger partial charge in [0.25, 0.3) is 5.69 Å². The van der Waals surface area contributed by atoms with Gasteiger partial charge >= 0.3 is 0 Å². The van der Waals surface area contributed by atoms with Gasteiger partial charge in [-0.3, -0.25) is 10.1 Å². The lowest BCUT2D eigenvalue weighted by Crippen LogP contribution is -2.24. The van der Waals surface area contributed by atoms with Crippen molar-refractivity contribution < 1.29 is 10.0 Å². The summed E-state index contributed by atoms with van der Waals surface area (Å²) in [4.78, 5) is 12.7. The molecule has 0 spiro atoms. The average Bonchev–Trinajstić information content (AvgIpc) is 2.35. The fourth-order valence-electron chi connectivity index (χ4n) is 1.93. The van der Waals surface area contributed by atoms with Crippen molar-refractivity contribution in [2.75, 3.05) is 18.0 Å². The molecule has 0 heterocycles. The first-order chi connectivity index (χ1) is 8.51. The molecular formula is C13H20N2O3. The second-order valence-electron chi connectivity index (χ2n) is 4.26. The molecule has 0 aliphatic carbocycles. The van der Waals surface area contributed by atoms with Crippen LogP contribution in [-0.4, -0.2) is 23.1 Å².